The molecule has 27 heavy (non-hydrogen) atoms. The molecule has 0 atom stereocenters. The van der Waals surface area contributed by atoms with Crippen molar-refractivity contribution >= 4 is 41.5 Å². The molecule has 1 saturated heterocycles. The molecule has 6 nitrogen and oxygen atoms in total. The Labute approximate surface area is 182 Å². The van der Waals surface area contributed by atoms with Crippen molar-refractivity contribution in [2.75, 3.05) is 33.9 Å². The number of ether oxygens (including phenoxy) is 1. The Morgan fingerprint density at radius 1 is 1.30 bits per heavy atom. The van der Waals surface area contributed by atoms with Crippen LogP contribution in [0, 0.1) is 0 Å². The zero-order valence-corrected chi connectivity index (χ0v) is 18.7. The highest BCUT2D eigenvalue weighted by molar-refractivity contribution is 14.0. The molecule has 3 rings (SSSR count). The van der Waals surface area contributed by atoms with Gasteiger partial charge in [0.2, 0.25) is 0 Å². The van der Waals surface area contributed by atoms with E-state index in [2.05, 4.69) is 21.5 Å². The molecule has 8 heteroatoms. The summed E-state index contributed by atoms with van der Waals surface area (Å²) in [5, 5.41) is 8.29. The maximum atomic E-state index is 6.53. The standard InChI is InChI=1S/C19H25ClN4O2.HI/c1-21-18(24(2)13-15-7-10-26-23-15)22-14-19(8-11-25-12-9-19)16-5-3-4-6-17(16)20;/h3-7,10H,8-9,11-14H2,1-2H3,(H,21,22);1H. The van der Waals surface area contributed by atoms with Crippen molar-refractivity contribution in [3.05, 3.63) is 52.9 Å². The highest BCUT2D eigenvalue weighted by atomic mass is 127. The number of hydrogen-bond donors (Lipinski definition) is 1. The lowest BCUT2D eigenvalue weighted by Gasteiger charge is -2.39. The van der Waals surface area contributed by atoms with E-state index in [1.165, 1.54) is 5.56 Å². The van der Waals surface area contributed by atoms with Crippen molar-refractivity contribution in [2.24, 2.45) is 4.99 Å². The molecule has 1 aromatic carbocycles. The SMILES string of the molecule is CN=C(NCC1(c2ccccc2Cl)CCOCC1)N(C)Cc1ccon1.I. The molecule has 148 valence electrons. The van der Waals surface area contributed by atoms with E-state index in [1.807, 2.05) is 36.2 Å². The topological polar surface area (TPSA) is 62.9 Å². The van der Waals surface area contributed by atoms with Gasteiger partial charge in [0.1, 0.15) is 12.0 Å². The Hall–Kier alpha value is -1.32. The van der Waals surface area contributed by atoms with Crippen LogP contribution >= 0.6 is 35.6 Å². The van der Waals surface area contributed by atoms with E-state index in [4.69, 9.17) is 20.9 Å². The molecule has 0 spiro atoms. The Morgan fingerprint density at radius 3 is 2.67 bits per heavy atom. The zero-order valence-electron chi connectivity index (χ0n) is 15.7. The maximum absolute atomic E-state index is 6.53. The van der Waals surface area contributed by atoms with Crippen LogP contribution in [-0.4, -0.2) is 49.9 Å². The fourth-order valence-electron chi connectivity index (χ4n) is 3.46. The van der Waals surface area contributed by atoms with Crippen LogP contribution in [0.1, 0.15) is 24.1 Å². The van der Waals surface area contributed by atoms with Gasteiger partial charge in [-0.2, -0.15) is 0 Å². The summed E-state index contributed by atoms with van der Waals surface area (Å²) < 4.78 is 10.5. The molecule has 0 bridgehead atoms. The first-order valence-electron chi connectivity index (χ1n) is 8.78. The number of aromatic nitrogens is 1. The second-order valence-corrected chi connectivity index (χ2v) is 7.03. The highest BCUT2D eigenvalue weighted by Crippen LogP contribution is 2.38. The lowest BCUT2D eigenvalue weighted by atomic mass is 9.74. The van der Waals surface area contributed by atoms with E-state index in [0.29, 0.717) is 6.54 Å². The van der Waals surface area contributed by atoms with E-state index in [1.54, 1.807) is 13.3 Å². The molecule has 1 aromatic heterocycles. The van der Waals surface area contributed by atoms with Crippen LogP contribution in [0.3, 0.4) is 0 Å². The Bertz CT molecular complexity index is 733. The van der Waals surface area contributed by atoms with Crippen molar-refractivity contribution in [3.8, 4) is 0 Å². The molecule has 2 heterocycles. The molecule has 0 unspecified atom stereocenters. The molecule has 0 saturated carbocycles. The molecular weight excluding hydrogens is 479 g/mol. The molecule has 2 aromatic rings. The maximum Gasteiger partial charge on any atom is 0.193 e. The van der Waals surface area contributed by atoms with Crippen LogP contribution in [0.2, 0.25) is 5.02 Å². The van der Waals surface area contributed by atoms with Crippen molar-refractivity contribution in [1.29, 1.82) is 0 Å². The van der Waals surface area contributed by atoms with E-state index in [9.17, 15) is 0 Å². The first-order chi connectivity index (χ1) is 12.6. The zero-order chi connectivity index (χ0) is 18.4. The Kier molecular flexibility index (Phi) is 8.37. The largest absolute Gasteiger partial charge is 0.381 e. The summed E-state index contributed by atoms with van der Waals surface area (Å²) in [5.74, 6) is 0.811. The second kappa shape index (κ2) is 10.3. The minimum Gasteiger partial charge on any atom is -0.381 e. The van der Waals surface area contributed by atoms with Crippen LogP contribution in [0.25, 0.3) is 0 Å². The van der Waals surface area contributed by atoms with E-state index < -0.39 is 0 Å². The minimum absolute atomic E-state index is 0. The number of guanidine groups is 1. The van der Waals surface area contributed by atoms with Crippen LogP contribution in [0.5, 0.6) is 0 Å². The number of nitrogens with zero attached hydrogens (tertiary/aromatic N) is 3. The summed E-state index contributed by atoms with van der Waals surface area (Å²) in [5.41, 5.74) is 1.97. The molecule has 0 aliphatic carbocycles. The van der Waals surface area contributed by atoms with E-state index in [-0.39, 0.29) is 29.4 Å². The molecular formula is C19H26ClIN4O2. The molecule has 0 radical (unpaired) electrons. The molecule has 1 N–H and O–H groups in total. The fourth-order valence-corrected chi connectivity index (χ4v) is 3.80. The average molecular weight is 505 g/mol. The van der Waals surface area contributed by atoms with Gasteiger partial charge in [0.25, 0.3) is 0 Å². The third-order valence-corrected chi connectivity index (χ3v) is 5.27. The van der Waals surface area contributed by atoms with Crippen LogP contribution in [0.15, 0.2) is 46.1 Å². The summed E-state index contributed by atoms with van der Waals surface area (Å²) in [6.45, 7) is 2.84. The Morgan fingerprint density at radius 2 is 2.04 bits per heavy atom. The van der Waals surface area contributed by atoms with Gasteiger partial charge >= 0.3 is 0 Å². The van der Waals surface area contributed by atoms with Crippen molar-refractivity contribution in [3.63, 3.8) is 0 Å². The van der Waals surface area contributed by atoms with Gasteiger partial charge in [-0.25, -0.2) is 0 Å². The number of benzene rings is 1. The number of aliphatic imine (C=N–C) groups is 1. The summed E-state index contributed by atoms with van der Waals surface area (Å²) in [7, 11) is 3.77. The van der Waals surface area contributed by atoms with Gasteiger partial charge in [0.15, 0.2) is 5.96 Å². The molecule has 0 amide bonds. The third-order valence-electron chi connectivity index (χ3n) is 4.94. The summed E-state index contributed by atoms with van der Waals surface area (Å²) in [6.07, 6.45) is 3.43. The van der Waals surface area contributed by atoms with Gasteiger partial charge < -0.3 is 19.5 Å². The van der Waals surface area contributed by atoms with Gasteiger partial charge in [0.05, 0.1) is 6.54 Å². The fraction of sp³-hybridized carbons (Fsp3) is 0.474. The van der Waals surface area contributed by atoms with Crippen molar-refractivity contribution in [2.45, 2.75) is 24.8 Å². The molecule has 1 aliphatic rings. The van der Waals surface area contributed by atoms with E-state index >= 15 is 0 Å². The predicted octanol–water partition coefficient (Wildman–Crippen LogP) is 3.70. The van der Waals surface area contributed by atoms with Gasteiger partial charge in [-0.1, -0.05) is 35.0 Å². The van der Waals surface area contributed by atoms with Gasteiger partial charge in [-0.05, 0) is 24.5 Å². The predicted molar refractivity (Wildman–Crippen MR) is 118 cm³/mol. The monoisotopic (exact) mass is 504 g/mol. The number of hydrogen-bond acceptors (Lipinski definition) is 4. The first kappa shape index (κ1) is 22.0. The number of rotatable bonds is 5. The number of nitrogens with one attached hydrogen (secondary N) is 1. The van der Waals surface area contributed by atoms with Crippen molar-refractivity contribution in [1.82, 2.24) is 15.4 Å². The number of halogens is 2. The normalized spacial score (nSPS) is 16.5. The molecule has 1 fully saturated rings. The quantitative estimate of drug-likeness (QED) is 0.382. The lowest BCUT2D eigenvalue weighted by molar-refractivity contribution is 0.0512. The van der Waals surface area contributed by atoms with Crippen molar-refractivity contribution < 1.29 is 9.26 Å². The third kappa shape index (κ3) is 5.36. The highest BCUT2D eigenvalue weighted by Gasteiger charge is 2.36. The summed E-state index contributed by atoms with van der Waals surface area (Å²) in [6, 6.07) is 9.95. The smallest absolute Gasteiger partial charge is 0.193 e. The summed E-state index contributed by atoms with van der Waals surface area (Å²) >= 11 is 6.53. The second-order valence-electron chi connectivity index (χ2n) is 6.62. The van der Waals surface area contributed by atoms with Crippen LogP contribution < -0.4 is 5.32 Å². The van der Waals surface area contributed by atoms with Gasteiger partial charge in [-0.15, -0.1) is 24.0 Å². The lowest BCUT2D eigenvalue weighted by Crippen LogP contribution is -2.48. The van der Waals surface area contributed by atoms with Crippen LogP contribution in [-0.2, 0) is 16.7 Å². The molecule has 1 aliphatic heterocycles. The average Bonchev–Trinajstić information content (AvgIpc) is 3.16. The first-order valence-corrected chi connectivity index (χ1v) is 9.16. The van der Waals surface area contributed by atoms with E-state index in [0.717, 1.165) is 49.3 Å². The van der Waals surface area contributed by atoms with Crippen LogP contribution in [0.4, 0.5) is 0 Å². The van der Waals surface area contributed by atoms with Gasteiger partial charge in [0, 0.05) is 50.4 Å². The minimum atomic E-state index is -0.0682. The van der Waals surface area contributed by atoms with Gasteiger partial charge in [-0.3, -0.25) is 4.99 Å². The summed E-state index contributed by atoms with van der Waals surface area (Å²) in [4.78, 5) is 6.43. The Balaban J connectivity index is 0.00000261.